The van der Waals surface area contributed by atoms with Crippen LogP contribution in [0.4, 0.5) is 13.2 Å². The van der Waals surface area contributed by atoms with Crippen LogP contribution in [-0.4, -0.2) is 41.7 Å². The number of carbonyl (C=O) groups excluding carboxylic acids is 2. The average molecular weight is 275 g/mol. The van der Waals surface area contributed by atoms with E-state index in [0.717, 1.165) is 6.08 Å². The van der Waals surface area contributed by atoms with Crippen molar-refractivity contribution in [1.29, 1.82) is 0 Å². The number of rotatable bonds is 1. The summed E-state index contributed by atoms with van der Waals surface area (Å²) in [5.74, 6) is -0.688. The van der Waals surface area contributed by atoms with E-state index in [9.17, 15) is 22.8 Å². The minimum absolute atomic E-state index is 0.0111. The van der Waals surface area contributed by atoms with E-state index in [1.807, 2.05) is 0 Å². The summed E-state index contributed by atoms with van der Waals surface area (Å²) in [6, 6.07) is 0. The van der Waals surface area contributed by atoms with Gasteiger partial charge in [-0.25, -0.2) is 5.43 Å². The van der Waals surface area contributed by atoms with Crippen LogP contribution in [0.3, 0.4) is 0 Å². The van der Waals surface area contributed by atoms with E-state index in [2.05, 4.69) is 10.5 Å². The van der Waals surface area contributed by atoms with E-state index in [1.54, 1.807) is 0 Å². The zero-order chi connectivity index (χ0) is 14.0. The number of carbonyl (C=O) groups is 2. The van der Waals surface area contributed by atoms with Gasteiger partial charge in [0.05, 0.1) is 0 Å². The van der Waals surface area contributed by atoms with Crippen molar-refractivity contribution < 1.29 is 22.8 Å². The van der Waals surface area contributed by atoms with E-state index in [0.29, 0.717) is 0 Å². The molecule has 0 saturated heterocycles. The highest BCUT2D eigenvalue weighted by Gasteiger charge is 2.36. The van der Waals surface area contributed by atoms with E-state index in [1.165, 1.54) is 4.90 Å². The molecule has 0 unspecified atom stereocenters. The summed E-state index contributed by atoms with van der Waals surface area (Å²) in [7, 11) is 0. The number of alkyl halides is 3. The Labute approximate surface area is 107 Å². The highest BCUT2D eigenvalue weighted by atomic mass is 19.4. The predicted octanol–water partition coefficient (Wildman–Crippen LogP) is 0.973. The second-order valence-corrected chi connectivity index (χ2v) is 4.32. The second-order valence-electron chi connectivity index (χ2n) is 4.32. The molecular formula is C11H12F3N3O2. The van der Waals surface area contributed by atoms with Gasteiger partial charge in [0.25, 0.3) is 5.91 Å². The Morgan fingerprint density at radius 1 is 1.32 bits per heavy atom. The van der Waals surface area contributed by atoms with Crippen molar-refractivity contribution in [2.45, 2.75) is 25.4 Å². The normalized spacial score (nSPS) is 20.6. The molecule has 0 aliphatic carbocycles. The van der Waals surface area contributed by atoms with Gasteiger partial charge in [0, 0.05) is 31.5 Å². The Morgan fingerprint density at radius 3 is 2.53 bits per heavy atom. The first-order chi connectivity index (χ1) is 8.88. The lowest BCUT2D eigenvalue weighted by Crippen LogP contribution is -2.43. The monoisotopic (exact) mass is 275 g/mol. The predicted molar refractivity (Wildman–Crippen MR) is 60.1 cm³/mol. The zero-order valence-electron chi connectivity index (χ0n) is 9.96. The van der Waals surface area contributed by atoms with Crippen molar-refractivity contribution >= 4 is 17.5 Å². The third kappa shape index (κ3) is 3.12. The Hall–Kier alpha value is -1.86. The van der Waals surface area contributed by atoms with Crippen molar-refractivity contribution in [2.24, 2.45) is 5.10 Å². The molecule has 1 N–H and O–H groups in total. The van der Waals surface area contributed by atoms with Crippen LogP contribution in [0.25, 0.3) is 0 Å². The van der Waals surface area contributed by atoms with Crippen LogP contribution in [0.15, 0.2) is 16.8 Å². The van der Waals surface area contributed by atoms with Gasteiger partial charge < -0.3 is 4.90 Å². The lowest BCUT2D eigenvalue weighted by Gasteiger charge is -2.28. The van der Waals surface area contributed by atoms with Crippen molar-refractivity contribution in [3.63, 3.8) is 0 Å². The molecule has 0 aromatic rings. The fraction of sp³-hybridized carbons (Fsp3) is 0.545. The minimum atomic E-state index is -4.33. The first kappa shape index (κ1) is 13.6. The minimum Gasteiger partial charge on any atom is -0.333 e. The maximum Gasteiger partial charge on any atom is 0.412 e. The van der Waals surface area contributed by atoms with Gasteiger partial charge in [-0.15, -0.1) is 0 Å². The quantitative estimate of drug-likeness (QED) is 0.725. The molecule has 104 valence electrons. The lowest BCUT2D eigenvalue weighted by molar-refractivity contribution is -0.125. The molecule has 2 amide bonds. The lowest BCUT2D eigenvalue weighted by atomic mass is 10.1. The Balaban J connectivity index is 2.00. The molecule has 2 rings (SSSR count). The fourth-order valence-corrected chi connectivity index (χ4v) is 1.92. The van der Waals surface area contributed by atoms with Crippen LogP contribution >= 0.6 is 0 Å². The van der Waals surface area contributed by atoms with Crippen LogP contribution in [0, 0.1) is 0 Å². The summed E-state index contributed by atoms with van der Waals surface area (Å²) < 4.78 is 37.3. The molecule has 2 heterocycles. The molecule has 2 aliphatic heterocycles. The van der Waals surface area contributed by atoms with E-state index in [4.69, 9.17) is 0 Å². The summed E-state index contributed by atoms with van der Waals surface area (Å²) in [6.07, 6.45) is -3.14. The summed E-state index contributed by atoms with van der Waals surface area (Å²) in [5, 5.41) is 3.64. The number of hydrogen-bond acceptors (Lipinski definition) is 3. The van der Waals surface area contributed by atoms with Crippen molar-refractivity contribution in [3.05, 3.63) is 11.6 Å². The molecule has 0 aromatic carbocycles. The maximum atomic E-state index is 12.4. The van der Waals surface area contributed by atoms with Gasteiger partial charge in [-0.3, -0.25) is 9.59 Å². The van der Waals surface area contributed by atoms with Crippen molar-refractivity contribution in [1.82, 2.24) is 10.3 Å². The van der Waals surface area contributed by atoms with Crippen LogP contribution in [0.2, 0.25) is 0 Å². The molecule has 0 spiro atoms. The number of halogens is 3. The molecule has 0 atom stereocenters. The summed E-state index contributed by atoms with van der Waals surface area (Å²) >= 11 is 0. The van der Waals surface area contributed by atoms with Crippen LogP contribution < -0.4 is 5.43 Å². The molecule has 2 aliphatic rings. The van der Waals surface area contributed by atoms with E-state index in [-0.39, 0.29) is 44.0 Å². The van der Waals surface area contributed by atoms with E-state index < -0.39 is 17.7 Å². The van der Waals surface area contributed by atoms with Crippen LogP contribution in [0.5, 0.6) is 0 Å². The van der Waals surface area contributed by atoms with Crippen LogP contribution in [-0.2, 0) is 9.59 Å². The largest absolute Gasteiger partial charge is 0.412 e. The van der Waals surface area contributed by atoms with Gasteiger partial charge in [0.2, 0.25) is 5.91 Å². The van der Waals surface area contributed by atoms with Gasteiger partial charge in [-0.1, -0.05) is 6.08 Å². The highest BCUT2D eigenvalue weighted by molar-refractivity contribution is 6.39. The Bertz CT molecular complexity index is 468. The smallest absolute Gasteiger partial charge is 0.333 e. The standard InChI is InChI=1S/C11H12F3N3O2/c12-11(13,14)7-3-5-17(6-4-7)10(19)8-1-2-9(18)16-15-8/h3H,1-2,4-6H2,(H,16,18). The molecule has 5 nitrogen and oxygen atoms in total. The summed E-state index contributed by atoms with van der Waals surface area (Å²) in [4.78, 5) is 24.1. The second kappa shape index (κ2) is 5.02. The number of nitrogens with zero attached hydrogens (tertiary/aromatic N) is 2. The first-order valence-corrected chi connectivity index (χ1v) is 5.79. The summed E-state index contributed by atoms with van der Waals surface area (Å²) in [6.45, 7) is -0.0716. The maximum absolute atomic E-state index is 12.4. The molecule has 0 saturated carbocycles. The molecule has 0 bridgehead atoms. The first-order valence-electron chi connectivity index (χ1n) is 5.79. The topological polar surface area (TPSA) is 61.8 Å². The number of hydrogen-bond donors (Lipinski definition) is 1. The number of hydrazone groups is 1. The van der Waals surface area contributed by atoms with Gasteiger partial charge in [-0.05, 0) is 6.42 Å². The third-order valence-electron chi connectivity index (χ3n) is 3.01. The van der Waals surface area contributed by atoms with Crippen molar-refractivity contribution in [3.8, 4) is 0 Å². The number of nitrogens with one attached hydrogen (secondary N) is 1. The Morgan fingerprint density at radius 2 is 2.05 bits per heavy atom. The molecule has 0 aromatic heterocycles. The average Bonchev–Trinajstić information content (AvgIpc) is 2.38. The molecule has 0 fully saturated rings. The van der Waals surface area contributed by atoms with Gasteiger partial charge in [-0.2, -0.15) is 18.3 Å². The van der Waals surface area contributed by atoms with Crippen molar-refractivity contribution in [2.75, 3.05) is 13.1 Å². The van der Waals surface area contributed by atoms with Gasteiger partial charge in [0.15, 0.2) is 0 Å². The Kier molecular flexibility index (Phi) is 3.59. The SMILES string of the molecule is O=C1CCC(C(=O)N2CC=C(C(F)(F)F)CC2)=NN1. The molecule has 0 radical (unpaired) electrons. The highest BCUT2D eigenvalue weighted by Crippen LogP contribution is 2.30. The molecule has 8 heteroatoms. The third-order valence-corrected chi connectivity index (χ3v) is 3.01. The summed E-state index contributed by atoms with van der Waals surface area (Å²) in [5.41, 5.74) is 1.77. The van der Waals surface area contributed by atoms with E-state index >= 15 is 0 Å². The zero-order valence-corrected chi connectivity index (χ0v) is 9.96. The molecular weight excluding hydrogens is 263 g/mol. The van der Waals surface area contributed by atoms with Crippen LogP contribution in [0.1, 0.15) is 19.3 Å². The molecule has 19 heavy (non-hydrogen) atoms. The van der Waals surface area contributed by atoms with Gasteiger partial charge >= 0.3 is 6.18 Å². The number of amides is 2. The fourth-order valence-electron chi connectivity index (χ4n) is 1.92. The van der Waals surface area contributed by atoms with Gasteiger partial charge in [0.1, 0.15) is 5.71 Å².